The van der Waals surface area contributed by atoms with Gasteiger partial charge in [0.05, 0.1) is 5.25 Å². The standard InChI is InChI=1S/C15H22N2O3S/c1-15(2,3)20-14(18)17-9-6-13(10-17)21(19)11-12-4-7-16-8-5-12/h4-5,7-8,13H,6,9-11H2,1-3H3/t13-,21?/m0/s1. The summed E-state index contributed by atoms with van der Waals surface area (Å²) in [6.45, 7) is 6.66. The minimum Gasteiger partial charge on any atom is -0.444 e. The third-order valence-electron chi connectivity index (χ3n) is 3.23. The number of aromatic nitrogens is 1. The Kier molecular flexibility index (Phi) is 4.98. The Morgan fingerprint density at radius 3 is 2.71 bits per heavy atom. The maximum atomic E-state index is 12.4. The van der Waals surface area contributed by atoms with Crippen molar-refractivity contribution >= 4 is 16.9 Å². The molecule has 0 spiro atoms. The Bertz CT molecular complexity index is 513. The fourth-order valence-corrected chi connectivity index (χ4v) is 3.67. The van der Waals surface area contributed by atoms with Gasteiger partial charge in [0, 0.05) is 42.0 Å². The van der Waals surface area contributed by atoms with E-state index in [1.165, 1.54) is 0 Å². The lowest BCUT2D eigenvalue weighted by atomic mass is 10.2. The number of nitrogens with zero attached hydrogens (tertiary/aromatic N) is 2. The summed E-state index contributed by atoms with van der Waals surface area (Å²) < 4.78 is 17.7. The first-order valence-corrected chi connectivity index (χ1v) is 8.47. The third kappa shape index (κ3) is 4.81. The number of ether oxygens (including phenoxy) is 1. The number of hydrogen-bond acceptors (Lipinski definition) is 4. The Morgan fingerprint density at radius 2 is 2.10 bits per heavy atom. The van der Waals surface area contributed by atoms with E-state index in [1.54, 1.807) is 17.3 Å². The SMILES string of the molecule is CC(C)(C)OC(=O)N1CC[C@H](S(=O)Cc2ccncc2)C1. The predicted octanol–water partition coefficient (Wildman–Crippen LogP) is 2.34. The molecule has 2 rings (SSSR count). The molecule has 21 heavy (non-hydrogen) atoms. The Morgan fingerprint density at radius 1 is 1.43 bits per heavy atom. The molecule has 1 saturated heterocycles. The van der Waals surface area contributed by atoms with Gasteiger partial charge in [-0.1, -0.05) is 0 Å². The molecule has 1 aliphatic rings. The molecule has 0 radical (unpaired) electrons. The quantitative estimate of drug-likeness (QED) is 0.860. The predicted molar refractivity (Wildman–Crippen MR) is 82.3 cm³/mol. The molecule has 1 amide bonds. The zero-order valence-corrected chi connectivity index (χ0v) is 13.6. The van der Waals surface area contributed by atoms with E-state index in [0.29, 0.717) is 18.8 Å². The molecule has 0 aromatic carbocycles. The molecule has 1 unspecified atom stereocenters. The second-order valence-electron chi connectivity index (χ2n) is 6.22. The summed E-state index contributed by atoms with van der Waals surface area (Å²) in [6, 6.07) is 3.75. The molecule has 5 nitrogen and oxygen atoms in total. The van der Waals surface area contributed by atoms with Gasteiger partial charge in [-0.25, -0.2) is 4.79 Å². The van der Waals surface area contributed by atoms with Crippen molar-refractivity contribution in [2.75, 3.05) is 13.1 Å². The van der Waals surface area contributed by atoms with Crippen molar-refractivity contribution in [3.8, 4) is 0 Å². The van der Waals surface area contributed by atoms with Gasteiger partial charge >= 0.3 is 6.09 Å². The van der Waals surface area contributed by atoms with Gasteiger partial charge in [0.2, 0.25) is 0 Å². The fraction of sp³-hybridized carbons (Fsp3) is 0.600. The summed E-state index contributed by atoms with van der Waals surface area (Å²) in [6.07, 6.45) is 3.85. The van der Waals surface area contributed by atoms with Gasteiger partial charge in [0.1, 0.15) is 5.60 Å². The Hall–Kier alpha value is -1.43. The van der Waals surface area contributed by atoms with Gasteiger partial charge in [0.25, 0.3) is 0 Å². The number of carbonyl (C=O) groups is 1. The van der Waals surface area contributed by atoms with Crippen LogP contribution in [0, 0.1) is 0 Å². The molecule has 6 heteroatoms. The van der Waals surface area contributed by atoms with Crippen molar-refractivity contribution < 1.29 is 13.7 Å². The molecule has 1 aromatic heterocycles. The van der Waals surface area contributed by atoms with Crippen molar-refractivity contribution in [3.63, 3.8) is 0 Å². The molecule has 116 valence electrons. The Balaban J connectivity index is 1.87. The van der Waals surface area contributed by atoms with E-state index in [4.69, 9.17) is 4.74 Å². The second kappa shape index (κ2) is 6.56. The minimum atomic E-state index is -0.984. The van der Waals surface area contributed by atoms with Gasteiger partial charge in [-0.15, -0.1) is 0 Å². The minimum absolute atomic E-state index is 0.0192. The van der Waals surface area contributed by atoms with Gasteiger partial charge in [-0.2, -0.15) is 0 Å². The molecule has 2 heterocycles. The van der Waals surface area contributed by atoms with E-state index in [9.17, 15) is 9.00 Å². The summed E-state index contributed by atoms with van der Waals surface area (Å²) in [5, 5.41) is 0.0192. The number of pyridine rings is 1. The highest BCUT2D eigenvalue weighted by atomic mass is 32.2. The van der Waals surface area contributed by atoms with Crippen LogP contribution in [0.25, 0.3) is 0 Å². The lowest BCUT2D eigenvalue weighted by molar-refractivity contribution is 0.0295. The molecular weight excluding hydrogens is 288 g/mol. The molecule has 1 fully saturated rings. The maximum absolute atomic E-state index is 12.4. The van der Waals surface area contributed by atoms with Crippen LogP contribution in [-0.2, 0) is 21.3 Å². The van der Waals surface area contributed by atoms with Crippen molar-refractivity contribution in [2.45, 2.75) is 43.8 Å². The summed E-state index contributed by atoms with van der Waals surface area (Å²) in [5.74, 6) is 0.509. The Labute approximate surface area is 128 Å². The molecule has 2 atom stereocenters. The summed E-state index contributed by atoms with van der Waals surface area (Å²) in [4.78, 5) is 17.6. The summed E-state index contributed by atoms with van der Waals surface area (Å²) in [5.41, 5.74) is 0.518. The second-order valence-corrected chi connectivity index (χ2v) is 7.93. The molecule has 0 aliphatic carbocycles. The highest BCUT2D eigenvalue weighted by Crippen LogP contribution is 2.20. The van der Waals surface area contributed by atoms with Crippen LogP contribution in [0.3, 0.4) is 0 Å². The van der Waals surface area contributed by atoms with Gasteiger partial charge in [-0.05, 0) is 44.9 Å². The van der Waals surface area contributed by atoms with Crippen molar-refractivity contribution in [2.24, 2.45) is 0 Å². The first kappa shape index (κ1) is 15.9. The highest BCUT2D eigenvalue weighted by Gasteiger charge is 2.32. The number of amides is 1. The normalized spacial score (nSPS) is 20.3. The van der Waals surface area contributed by atoms with Gasteiger partial charge in [0.15, 0.2) is 0 Å². The van der Waals surface area contributed by atoms with E-state index >= 15 is 0 Å². The average Bonchev–Trinajstić information content (AvgIpc) is 2.87. The fourth-order valence-electron chi connectivity index (χ4n) is 2.20. The van der Waals surface area contributed by atoms with Crippen LogP contribution in [0.15, 0.2) is 24.5 Å². The largest absolute Gasteiger partial charge is 0.444 e. The number of rotatable bonds is 3. The lowest BCUT2D eigenvalue weighted by Gasteiger charge is -2.24. The van der Waals surface area contributed by atoms with Crippen LogP contribution in [0.2, 0.25) is 0 Å². The molecule has 0 N–H and O–H groups in total. The van der Waals surface area contributed by atoms with Crippen LogP contribution in [0.4, 0.5) is 4.79 Å². The van der Waals surface area contributed by atoms with Crippen molar-refractivity contribution in [3.05, 3.63) is 30.1 Å². The van der Waals surface area contributed by atoms with Crippen molar-refractivity contribution in [1.29, 1.82) is 0 Å². The number of likely N-dealkylation sites (tertiary alicyclic amines) is 1. The zero-order chi connectivity index (χ0) is 15.5. The van der Waals surface area contributed by atoms with Crippen LogP contribution in [-0.4, -0.2) is 44.1 Å². The van der Waals surface area contributed by atoms with Gasteiger partial charge < -0.3 is 9.64 Å². The third-order valence-corrected chi connectivity index (χ3v) is 4.97. The molecule has 0 saturated carbocycles. The molecular formula is C15H22N2O3S. The number of carbonyl (C=O) groups excluding carboxylic acids is 1. The van der Waals surface area contributed by atoms with E-state index in [2.05, 4.69) is 4.98 Å². The van der Waals surface area contributed by atoms with E-state index < -0.39 is 16.4 Å². The first-order valence-electron chi connectivity index (χ1n) is 7.09. The lowest BCUT2D eigenvalue weighted by Crippen LogP contribution is -2.36. The van der Waals surface area contributed by atoms with E-state index in [1.807, 2.05) is 32.9 Å². The zero-order valence-electron chi connectivity index (χ0n) is 12.7. The molecule has 1 aromatic rings. The van der Waals surface area contributed by atoms with E-state index in [-0.39, 0.29) is 11.3 Å². The van der Waals surface area contributed by atoms with Crippen LogP contribution < -0.4 is 0 Å². The van der Waals surface area contributed by atoms with Crippen LogP contribution in [0.5, 0.6) is 0 Å². The highest BCUT2D eigenvalue weighted by molar-refractivity contribution is 7.84. The monoisotopic (exact) mass is 310 g/mol. The van der Waals surface area contributed by atoms with Gasteiger partial charge in [-0.3, -0.25) is 9.19 Å². The van der Waals surface area contributed by atoms with Crippen LogP contribution >= 0.6 is 0 Å². The smallest absolute Gasteiger partial charge is 0.410 e. The van der Waals surface area contributed by atoms with Crippen LogP contribution in [0.1, 0.15) is 32.8 Å². The first-order chi connectivity index (χ1) is 9.85. The van der Waals surface area contributed by atoms with E-state index in [0.717, 1.165) is 12.0 Å². The topological polar surface area (TPSA) is 59.5 Å². The maximum Gasteiger partial charge on any atom is 0.410 e. The summed E-state index contributed by atoms with van der Waals surface area (Å²) >= 11 is 0. The van der Waals surface area contributed by atoms with Crippen molar-refractivity contribution in [1.82, 2.24) is 9.88 Å². The molecule has 0 bridgehead atoms. The molecule has 1 aliphatic heterocycles. The average molecular weight is 310 g/mol. The summed E-state index contributed by atoms with van der Waals surface area (Å²) in [7, 11) is -0.984. The number of hydrogen-bond donors (Lipinski definition) is 0.